The van der Waals surface area contributed by atoms with Crippen molar-refractivity contribution in [3.8, 4) is 0 Å². The average molecular weight is 382 g/mol. The average Bonchev–Trinajstić information content (AvgIpc) is 3.11. The molecule has 2 atom stereocenters. The first kappa shape index (κ1) is 20.4. The van der Waals surface area contributed by atoms with Gasteiger partial charge in [0.25, 0.3) is 0 Å². The maximum absolute atomic E-state index is 12.6. The summed E-state index contributed by atoms with van der Waals surface area (Å²) in [5, 5.41) is 11.9. The third-order valence-electron chi connectivity index (χ3n) is 4.52. The number of hydrogen-bond donors (Lipinski definition) is 2. The van der Waals surface area contributed by atoms with Crippen molar-refractivity contribution in [1.29, 1.82) is 0 Å². The van der Waals surface area contributed by atoms with Crippen molar-refractivity contribution in [3.05, 3.63) is 35.9 Å². The van der Waals surface area contributed by atoms with E-state index in [0.29, 0.717) is 25.8 Å². The lowest BCUT2D eigenvalue weighted by Crippen LogP contribution is -2.51. The Morgan fingerprint density at radius 3 is 2.62 bits per heavy atom. The van der Waals surface area contributed by atoms with Gasteiger partial charge in [0, 0.05) is 13.0 Å². The highest BCUT2D eigenvalue weighted by atomic mass is 32.2. The topological polar surface area (TPSA) is 104 Å². The number of carboxylic acids is 1. The summed E-state index contributed by atoms with van der Waals surface area (Å²) >= 11 is 0. The van der Waals surface area contributed by atoms with Crippen LogP contribution in [0.3, 0.4) is 0 Å². The first-order chi connectivity index (χ1) is 12.3. The molecule has 1 aromatic carbocycles. The molecule has 26 heavy (non-hydrogen) atoms. The second-order valence-corrected chi connectivity index (χ2v) is 8.57. The number of hydrogen-bond acceptors (Lipinski definition) is 4. The number of sulfonamides is 1. The van der Waals surface area contributed by atoms with E-state index >= 15 is 0 Å². The summed E-state index contributed by atoms with van der Waals surface area (Å²) in [4.78, 5) is 24.1. The fourth-order valence-electron chi connectivity index (χ4n) is 3.10. The van der Waals surface area contributed by atoms with Crippen molar-refractivity contribution >= 4 is 21.9 Å². The number of unbranched alkanes of at least 4 members (excludes halogenated alkanes) is 1. The molecule has 0 bridgehead atoms. The summed E-state index contributed by atoms with van der Waals surface area (Å²) in [5.41, 5.74) is 0.791. The van der Waals surface area contributed by atoms with Gasteiger partial charge in [0.2, 0.25) is 15.9 Å². The van der Waals surface area contributed by atoms with Crippen LogP contribution < -0.4 is 5.32 Å². The van der Waals surface area contributed by atoms with Crippen molar-refractivity contribution < 1.29 is 23.1 Å². The predicted octanol–water partition coefficient (Wildman–Crippen LogP) is 1.39. The molecule has 144 valence electrons. The predicted molar refractivity (Wildman–Crippen MR) is 98.1 cm³/mol. The summed E-state index contributed by atoms with van der Waals surface area (Å²) in [6, 6.07) is 7.10. The number of nitrogens with zero attached hydrogens (tertiary/aromatic N) is 1. The molecule has 1 heterocycles. The largest absolute Gasteiger partial charge is 0.480 e. The fourth-order valence-corrected chi connectivity index (χ4v) is 4.98. The molecule has 1 aliphatic heterocycles. The number of carbonyl (C=O) groups excluding carboxylic acids is 1. The number of benzene rings is 1. The van der Waals surface area contributed by atoms with Crippen LogP contribution in [0.25, 0.3) is 0 Å². The first-order valence-corrected chi connectivity index (χ1v) is 10.5. The highest BCUT2D eigenvalue weighted by Crippen LogP contribution is 2.22. The summed E-state index contributed by atoms with van der Waals surface area (Å²) in [7, 11) is -3.51. The smallest absolute Gasteiger partial charge is 0.326 e. The fraction of sp³-hybridized carbons (Fsp3) is 0.556. The van der Waals surface area contributed by atoms with Gasteiger partial charge in [-0.1, -0.05) is 43.7 Å². The van der Waals surface area contributed by atoms with E-state index in [9.17, 15) is 23.1 Å². The molecule has 1 fully saturated rings. The van der Waals surface area contributed by atoms with Crippen LogP contribution in [0.1, 0.15) is 38.2 Å². The molecule has 1 amide bonds. The lowest BCUT2D eigenvalue weighted by Gasteiger charge is -2.25. The van der Waals surface area contributed by atoms with Gasteiger partial charge < -0.3 is 10.4 Å². The van der Waals surface area contributed by atoms with Gasteiger partial charge in [-0.2, -0.15) is 4.31 Å². The van der Waals surface area contributed by atoms with Crippen LogP contribution in [-0.2, 0) is 26.0 Å². The van der Waals surface area contributed by atoms with Crippen molar-refractivity contribution in [2.24, 2.45) is 0 Å². The molecule has 2 rings (SSSR count). The Morgan fingerprint density at radius 1 is 1.31 bits per heavy atom. The first-order valence-electron chi connectivity index (χ1n) is 8.91. The Labute approximate surface area is 154 Å². The van der Waals surface area contributed by atoms with E-state index in [1.165, 1.54) is 4.31 Å². The Hall–Kier alpha value is -1.93. The number of nitrogens with one attached hydrogen (secondary N) is 1. The maximum atomic E-state index is 12.6. The minimum Gasteiger partial charge on any atom is -0.480 e. The van der Waals surface area contributed by atoms with E-state index in [1.807, 2.05) is 13.0 Å². The monoisotopic (exact) mass is 382 g/mol. The van der Waals surface area contributed by atoms with Gasteiger partial charge in [-0.05, 0) is 24.8 Å². The van der Waals surface area contributed by atoms with Gasteiger partial charge >= 0.3 is 5.97 Å². The highest BCUT2D eigenvalue weighted by molar-refractivity contribution is 7.89. The Kier molecular flexibility index (Phi) is 7.16. The van der Waals surface area contributed by atoms with Crippen LogP contribution in [0.5, 0.6) is 0 Å². The molecule has 8 heteroatoms. The zero-order valence-corrected chi connectivity index (χ0v) is 15.7. The Balaban J connectivity index is 2.07. The molecule has 0 saturated carbocycles. The van der Waals surface area contributed by atoms with E-state index in [2.05, 4.69) is 5.32 Å². The Morgan fingerprint density at radius 2 is 2.00 bits per heavy atom. The van der Waals surface area contributed by atoms with E-state index in [-0.39, 0.29) is 12.2 Å². The van der Waals surface area contributed by atoms with Crippen LogP contribution in [0.15, 0.2) is 30.3 Å². The molecule has 1 saturated heterocycles. The molecule has 1 aromatic rings. The van der Waals surface area contributed by atoms with Gasteiger partial charge in [-0.25, -0.2) is 13.2 Å². The summed E-state index contributed by atoms with van der Waals surface area (Å²) in [5.74, 6) is -1.66. The van der Waals surface area contributed by atoms with Gasteiger partial charge in [0.05, 0.1) is 5.75 Å². The van der Waals surface area contributed by atoms with E-state index in [0.717, 1.165) is 12.0 Å². The minimum absolute atomic E-state index is 0.0135. The second-order valence-electron chi connectivity index (χ2n) is 6.53. The second kappa shape index (κ2) is 9.14. The molecule has 0 spiro atoms. The van der Waals surface area contributed by atoms with Gasteiger partial charge in [-0.15, -0.1) is 0 Å². The SMILES string of the molecule is CCCCS(=O)(=O)N1CCC[C@H]1C(=O)N[C@@H](Cc1ccccc1)C(=O)O. The van der Waals surface area contributed by atoms with Crippen LogP contribution in [0.4, 0.5) is 0 Å². The van der Waals surface area contributed by atoms with Crippen molar-refractivity contribution in [2.75, 3.05) is 12.3 Å². The van der Waals surface area contributed by atoms with E-state index < -0.39 is 34.0 Å². The molecule has 2 N–H and O–H groups in total. The van der Waals surface area contributed by atoms with Crippen LogP contribution in [-0.4, -0.2) is 54.1 Å². The zero-order chi connectivity index (χ0) is 19.2. The maximum Gasteiger partial charge on any atom is 0.326 e. The third kappa shape index (κ3) is 5.28. The molecule has 0 aromatic heterocycles. The van der Waals surface area contributed by atoms with Crippen LogP contribution in [0.2, 0.25) is 0 Å². The number of aliphatic carboxylic acids is 1. The van der Waals surface area contributed by atoms with Gasteiger partial charge in [0.15, 0.2) is 0 Å². The number of amides is 1. The van der Waals surface area contributed by atoms with Gasteiger partial charge in [0.1, 0.15) is 12.1 Å². The van der Waals surface area contributed by atoms with E-state index in [4.69, 9.17) is 0 Å². The lowest BCUT2D eigenvalue weighted by atomic mass is 10.1. The molecular weight excluding hydrogens is 356 g/mol. The normalized spacial score (nSPS) is 19.2. The number of carbonyl (C=O) groups is 2. The van der Waals surface area contributed by atoms with Crippen molar-refractivity contribution in [2.45, 2.75) is 51.1 Å². The zero-order valence-electron chi connectivity index (χ0n) is 14.9. The summed E-state index contributed by atoms with van der Waals surface area (Å²) < 4.78 is 26.1. The third-order valence-corrected chi connectivity index (χ3v) is 6.47. The van der Waals surface area contributed by atoms with Crippen molar-refractivity contribution in [3.63, 3.8) is 0 Å². The number of rotatable bonds is 9. The molecule has 0 radical (unpaired) electrons. The molecule has 1 aliphatic rings. The molecule has 7 nitrogen and oxygen atoms in total. The molecular formula is C18H26N2O5S. The van der Waals surface area contributed by atoms with E-state index in [1.54, 1.807) is 24.3 Å². The standard InChI is InChI=1S/C18H26N2O5S/c1-2-3-12-26(24,25)20-11-7-10-16(20)17(21)19-15(18(22)23)13-14-8-5-4-6-9-14/h4-6,8-9,15-16H,2-3,7,10-13H2,1H3,(H,19,21)(H,22,23)/t15-,16-/m0/s1. The number of carboxylic acid groups (broad SMARTS) is 1. The Bertz CT molecular complexity index is 720. The highest BCUT2D eigenvalue weighted by Gasteiger charge is 2.39. The lowest BCUT2D eigenvalue weighted by molar-refractivity contribution is -0.142. The van der Waals surface area contributed by atoms with Crippen molar-refractivity contribution in [1.82, 2.24) is 9.62 Å². The van der Waals surface area contributed by atoms with Gasteiger partial charge in [-0.3, -0.25) is 4.79 Å². The molecule has 0 aliphatic carbocycles. The summed E-state index contributed by atoms with van der Waals surface area (Å²) in [6.07, 6.45) is 2.45. The summed E-state index contributed by atoms with van der Waals surface area (Å²) in [6.45, 7) is 2.21. The van der Waals surface area contributed by atoms with Crippen LogP contribution in [0, 0.1) is 0 Å². The van der Waals surface area contributed by atoms with Crippen LogP contribution >= 0.6 is 0 Å². The quantitative estimate of drug-likeness (QED) is 0.672. The molecule has 0 unspecified atom stereocenters. The minimum atomic E-state index is -3.51.